The lowest BCUT2D eigenvalue weighted by atomic mass is 9.80. The van der Waals surface area contributed by atoms with Crippen molar-refractivity contribution in [1.82, 2.24) is 4.98 Å². The number of pyridine rings is 1. The molecule has 1 heterocycles. The highest BCUT2D eigenvalue weighted by Gasteiger charge is 2.29. The van der Waals surface area contributed by atoms with Gasteiger partial charge < -0.3 is 0 Å². The van der Waals surface area contributed by atoms with Crippen molar-refractivity contribution in [2.24, 2.45) is 0 Å². The summed E-state index contributed by atoms with van der Waals surface area (Å²) in [4.78, 5) is 4.30. The third kappa shape index (κ3) is 2.06. The van der Waals surface area contributed by atoms with Crippen LogP contribution in [0.2, 0.25) is 0 Å². The molecule has 0 aliphatic rings. The highest BCUT2D eigenvalue weighted by Crippen LogP contribution is 2.29. The standard InChI is InChI=1S/C11H13IN2/c1-3-11(4-2,8-13)10-7-9(12)5-6-14-10/h5-7H,3-4H2,1-2H3. The van der Waals surface area contributed by atoms with Crippen LogP contribution in [0.25, 0.3) is 0 Å². The molecule has 0 amide bonds. The second-order valence-corrected chi connectivity index (χ2v) is 4.51. The van der Waals surface area contributed by atoms with Crippen LogP contribution in [0.1, 0.15) is 32.4 Å². The molecule has 1 rings (SSSR count). The number of hydrogen-bond donors (Lipinski definition) is 0. The van der Waals surface area contributed by atoms with Crippen molar-refractivity contribution < 1.29 is 0 Å². The zero-order chi connectivity index (χ0) is 10.6. The molecule has 0 unspecified atom stereocenters. The van der Waals surface area contributed by atoms with E-state index in [1.54, 1.807) is 6.20 Å². The minimum absolute atomic E-state index is 0.402. The molecule has 3 heteroatoms. The van der Waals surface area contributed by atoms with E-state index in [-0.39, 0.29) is 0 Å². The summed E-state index contributed by atoms with van der Waals surface area (Å²) in [6, 6.07) is 6.33. The highest BCUT2D eigenvalue weighted by molar-refractivity contribution is 14.1. The van der Waals surface area contributed by atoms with Crippen LogP contribution >= 0.6 is 22.6 Å². The molecule has 0 saturated carbocycles. The van der Waals surface area contributed by atoms with Crippen LogP contribution in [-0.2, 0) is 5.41 Å². The van der Waals surface area contributed by atoms with E-state index < -0.39 is 5.41 Å². The Hall–Kier alpha value is -0.630. The normalized spacial score (nSPS) is 11.0. The van der Waals surface area contributed by atoms with Gasteiger partial charge in [0, 0.05) is 9.77 Å². The predicted molar refractivity (Wildman–Crippen MR) is 64.8 cm³/mol. The van der Waals surface area contributed by atoms with Gasteiger partial charge in [-0.3, -0.25) is 4.98 Å². The second kappa shape index (κ2) is 4.74. The molecule has 74 valence electrons. The number of nitrogens with zero attached hydrogens (tertiary/aromatic N) is 2. The maximum atomic E-state index is 9.23. The van der Waals surface area contributed by atoms with Crippen molar-refractivity contribution in [1.29, 1.82) is 5.26 Å². The number of halogens is 1. The quantitative estimate of drug-likeness (QED) is 0.803. The smallest absolute Gasteiger partial charge is 0.0988 e. The Morgan fingerprint density at radius 1 is 1.50 bits per heavy atom. The molecule has 0 bridgehead atoms. The molecule has 0 aliphatic heterocycles. The van der Waals surface area contributed by atoms with E-state index in [1.807, 2.05) is 26.0 Å². The molecule has 0 fully saturated rings. The van der Waals surface area contributed by atoms with Crippen LogP contribution < -0.4 is 0 Å². The SMILES string of the molecule is CCC(C#N)(CC)c1cc(I)ccn1. The van der Waals surface area contributed by atoms with Gasteiger partial charge in [-0.05, 0) is 47.6 Å². The van der Waals surface area contributed by atoms with E-state index >= 15 is 0 Å². The summed E-state index contributed by atoms with van der Waals surface area (Å²) in [5, 5.41) is 9.23. The van der Waals surface area contributed by atoms with Gasteiger partial charge in [0.1, 0.15) is 0 Å². The van der Waals surface area contributed by atoms with Gasteiger partial charge in [-0.15, -0.1) is 0 Å². The monoisotopic (exact) mass is 300 g/mol. The fourth-order valence-corrected chi connectivity index (χ4v) is 1.95. The lowest BCUT2D eigenvalue weighted by molar-refractivity contribution is 0.496. The maximum absolute atomic E-state index is 9.23. The van der Waals surface area contributed by atoms with Gasteiger partial charge in [0.2, 0.25) is 0 Å². The zero-order valence-corrected chi connectivity index (χ0v) is 10.6. The Balaban J connectivity index is 3.19. The summed E-state index contributed by atoms with van der Waals surface area (Å²) in [5.74, 6) is 0. The van der Waals surface area contributed by atoms with E-state index in [0.717, 1.165) is 22.1 Å². The molecule has 1 aromatic rings. The van der Waals surface area contributed by atoms with Gasteiger partial charge in [-0.1, -0.05) is 13.8 Å². The summed E-state index contributed by atoms with van der Waals surface area (Å²) in [6.45, 7) is 4.07. The van der Waals surface area contributed by atoms with Crippen LogP contribution in [-0.4, -0.2) is 4.98 Å². The number of hydrogen-bond acceptors (Lipinski definition) is 2. The predicted octanol–water partition coefficient (Wildman–Crippen LogP) is 3.27. The first-order chi connectivity index (χ1) is 6.68. The summed E-state index contributed by atoms with van der Waals surface area (Å²) in [7, 11) is 0. The van der Waals surface area contributed by atoms with Gasteiger partial charge >= 0.3 is 0 Å². The summed E-state index contributed by atoms with van der Waals surface area (Å²) in [6.07, 6.45) is 3.40. The Bertz CT molecular complexity index is 351. The Morgan fingerprint density at radius 3 is 2.57 bits per heavy atom. The summed E-state index contributed by atoms with van der Waals surface area (Å²) >= 11 is 2.25. The largest absolute Gasteiger partial charge is 0.260 e. The van der Waals surface area contributed by atoms with Gasteiger partial charge in [-0.2, -0.15) is 5.26 Å². The molecule has 0 atom stereocenters. The molecule has 0 saturated heterocycles. The van der Waals surface area contributed by atoms with Crippen molar-refractivity contribution in [3.05, 3.63) is 27.6 Å². The molecule has 0 N–H and O–H groups in total. The van der Waals surface area contributed by atoms with E-state index in [4.69, 9.17) is 0 Å². The first kappa shape index (κ1) is 11.4. The van der Waals surface area contributed by atoms with Crippen LogP contribution in [0.3, 0.4) is 0 Å². The topological polar surface area (TPSA) is 36.7 Å². The summed E-state index contributed by atoms with van der Waals surface area (Å²) in [5.41, 5.74) is 0.498. The zero-order valence-electron chi connectivity index (χ0n) is 8.42. The molecule has 0 spiro atoms. The first-order valence-electron chi connectivity index (χ1n) is 4.72. The Labute approximate surface area is 98.5 Å². The average molecular weight is 300 g/mol. The van der Waals surface area contributed by atoms with Crippen molar-refractivity contribution in [2.75, 3.05) is 0 Å². The molecular formula is C11H13IN2. The minimum Gasteiger partial charge on any atom is -0.260 e. The molecule has 14 heavy (non-hydrogen) atoms. The molecule has 0 aliphatic carbocycles. The van der Waals surface area contributed by atoms with Crippen LogP contribution in [0.5, 0.6) is 0 Å². The molecule has 1 aromatic heterocycles. The lowest BCUT2D eigenvalue weighted by Crippen LogP contribution is -2.23. The van der Waals surface area contributed by atoms with Crippen molar-refractivity contribution in [3.8, 4) is 6.07 Å². The van der Waals surface area contributed by atoms with Gasteiger partial charge in [0.25, 0.3) is 0 Å². The van der Waals surface area contributed by atoms with E-state index in [1.165, 1.54) is 0 Å². The lowest BCUT2D eigenvalue weighted by Gasteiger charge is -2.22. The molecule has 2 nitrogen and oxygen atoms in total. The fourth-order valence-electron chi connectivity index (χ4n) is 1.49. The number of rotatable bonds is 3. The van der Waals surface area contributed by atoms with Crippen LogP contribution in [0.15, 0.2) is 18.3 Å². The van der Waals surface area contributed by atoms with Crippen molar-refractivity contribution >= 4 is 22.6 Å². The molecular weight excluding hydrogens is 287 g/mol. The van der Waals surface area contributed by atoms with Crippen LogP contribution in [0.4, 0.5) is 0 Å². The van der Waals surface area contributed by atoms with Gasteiger partial charge in [0.05, 0.1) is 17.2 Å². The van der Waals surface area contributed by atoms with E-state index in [9.17, 15) is 5.26 Å². The van der Waals surface area contributed by atoms with Crippen molar-refractivity contribution in [3.63, 3.8) is 0 Å². The first-order valence-corrected chi connectivity index (χ1v) is 5.79. The average Bonchev–Trinajstić information content (AvgIpc) is 2.22. The number of nitriles is 1. The van der Waals surface area contributed by atoms with Crippen LogP contribution in [0, 0.1) is 14.9 Å². The Kier molecular flexibility index (Phi) is 3.87. The molecule has 0 radical (unpaired) electrons. The number of aromatic nitrogens is 1. The third-order valence-electron chi connectivity index (χ3n) is 2.63. The van der Waals surface area contributed by atoms with Gasteiger partial charge in [0.15, 0.2) is 0 Å². The minimum atomic E-state index is -0.402. The van der Waals surface area contributed by atoms with E-state index in [2.05, 4.69) is 33.6 Å². The fraction of sp³-hybridized carbons (Fsp3) is 0.455. The molecule has 0 aromatic carbocycles. The summed E-state index contributed by atoms with van der Waals surface area (Å²) < 4.78 is 1.13. The van der Waals surface area contributed by atoms with Crippen molar-refractivity contribution in [2.45, 2.75) is 32.1 Å². The van der Waals surface area contributed by atoms with E-state index in [0.29, 0.717) is 0 Å². The Morgan fingerprint density at radius 2 is 2.14 bits per heavy atom. The highest BCUT2D eigenvalue weighted by atomic mass is 127. The van der Waals surface area contributed by atoms with Gasteiger partial charge in [-0.25, -0.2) is 0 Å². The third-order valence-corrected chi connectivity index (χ3v) is 3.30. The maximum Gasteiger partial charge on any atom is 0.0988 e. The second-order valence-electron chi connectivity index (χ2n) is 3.26.